The Morgan fingerprint density at radius 3 is 1.89 bits per heavy atom. The second-order valence-electron chi connectivity index (χ2n) is 10.5. The van der Waals surface area contributed by atoms with Crippen LogP contribution in [0.1, 0.15) is 61.8 Å². The fourth-order valence-electron chi connectivity index (χ4n) is 5.89. The quantitative estimate of drug-likeness (QED) is 0.213. The largest absolute Gasteiger partial charge is 0.466 e. The maximum atomic E-state index is 12.2. The summed E-state index contributed by atoms with van der Waals surface area (Å²) in [4.78, 5) is 24.0. The third-order valence-electron chi connectivity index (χ3n) is 7.67. The topological polar surface area (TPSA) is 52.6 Å². The second-order valence-corrected chi connectivity index (χ2v) is 10.5. The molecule has 4 heteroatoms. The van der Waals surface area contributed by atoms with Gasteiger partial charge >= 0.3 is 11.9 Å². The van der Waals surface area contributed by atoms with Crippen LogP contribution in [-0.2, 0) is 44.7 Å². The maximum absolute atomic E-state index is 12.2. The molecular weight excluding hydrogens is 472 g/mol. The van der Waals surface area contributed by atoms with Gasteiger partial charge in [0.05, 0.1) is 19.1 Å². The Hall–Kier alpha value is -3.14. The highest BCUT2D eigenvalue weighted by atomic mass is 16.5. The number of esters is 2. The summed E-state index contributed by atoms with van der Waals surface area (Å²) < 4.78 is 10.3. The fourth-order valence-corrected chi connectivity index (χ4v) is 5.89. The number of carbonyl (C=O) groups is 2. The van der Waals surface area contributed by atoms with Gasteiger partial charge in [0.1, 0.15) is 0 Å². The van der Waals surface area contributed by atoms with Crippen molar-refractivity contribution in [2.45, 2.75) is 65.2 Å². The fraction of sp³-hybridized carbons (Fsp3) is 0.471. The Kier molecular flexibility index (Phi) is 11.9. The first-order valence-corrected chi connectivity index (χ1v) is 14.2. The van der Waals surface area contributed by atoms with E-state index in [2.05, 4.69) is 61.7 Å². The predicted octanol–water partition coefficient (Wildman–Crippen LogP) is 7.09. The molecule has 0 radical (unpaired) electrons. The van der Waals surface area contributed by atoms with Gasteiger partial charge in [-0.2, -0.15) is 0 Å². The Labute approximate surface area is 229 Å². The minimum atomic E-state index is -0.186. The van der Waals surface area contributed by atoms with Crippen molar-refractivity contribution < 1.29 is 19.1 Å². The van der Waals surface area contributed by atoms with E-state index < -0.39 is 0 Å². The number of carbonyl (C=O) groups excluding carboxylic acids is 2. The van der Waals surface area contributed by atoms with Gasteiger partial charge in [0.25, 0.3) is 0 Å². The Morgan fingerprint density at radius 1 is 0.789 bits per heavy atom. The molecule has 0 fully saturated rings. The lowest BCUT2D eigenvalue weighted by Gasteiger charge is -2.18. The third kappa shape index (κ3) is 8.72. The van der Waals surface area contributed by atoms with Crippen LogP contribution in [0.25, 0.3) is 0 Å². The van der Waals surface area contributed by atoms with Crippen molar-refractivity contribution in [3.05, 3.63) is 96.1 Å². The average Bonchev–Trinajstić information content (AvgIpc) is 3.20. The normalized spacial score (nSPS) is 22.2. The number of fused-ring (bicyclic) bond motifs is 2. The summed E-state index contributed by atoms with van der Waals surface area (Å²) in [5, 5.41) is 0. The van der Waals surface area contributed by atoms with Gasteiger partial charge in [0, 0.05) is 6.42 Å². The molecule has 4 nitrogen and oxygen atoms in total. The highest BCUT2D eigenvalue weighted by Crippen LogP contribution is 2.32. The SMILES string of the molecule is C=CCC1Cc2ccccc2CC(C=C)C1.CCOC(=O)CC1Cc2ccccc2CC(C(=O)OCC)C1. The summed E-state index contributed by atoms with van der Waals surface area (Å²) in [6.45, 7) is 12.2. The van der Waals surface area contributed by atoms with Crippen molar-refractivity contribution in [2.75, 3.05) is 13.2 Å². The first-order valence-electron chi connectivity index (χ1n) is 14.2. The van der Waals surface area contributed by atoms with Gasteiger partial charge < -0.3 is 9.47 Å². The Morgan fingerprint density at radius 2 is 1.34 bits per heavy atom. The third-order valence-corrected chi connectivity index (χ3v) is 7.67. The molecule has 0 amide bonds. The van der Waals surface area contributed by atoms with Crippen LogP contribution in [0.4, 0.5) is 0 Å². The van der Waals surface area contributed by atoms with E-state index >= 15 is 0 Å². The number of hydrogen-bond donors (Lipinski definition) is 0. The van der Waals surface area contributed by atoms with Crippen LogP contribution in [0.2, 0.25) is 0 Å². The van der Waals surface area contributed by atoms with Crippen molar-refractivity contribution in [1.29, 1.82) is 0 Å². The molecular formula is C34H44O4. The molecule has 2 aliphatic carbocycles. The van der Waals surface area contributed by atoms with Crippen LogP contribution in [-0.4, -0.2) is 25.2 Å². The Bertz CT molecular complexity index is 1070. The van der Waals surface area contributed by atoms with Gasteiger partial charge in [0.2, 0.25) is 0 Å². The highest BCUT2D eigenvalue weighted by molar-refractivity contribution is 5.74. The van der Waals surface area contributed by atoms with Gasteiger partial charge in [-0.25, -0.2) is 0 Å². The zero-order valence-electron chi connectivity index (χ0n) is 23.2. The molecule has 0 heterocycles. The molecule has 4 rings (SSSR count). The average molecular weight is 517 g/mol. The van der Waals surface area contributed by atoms with Crippen LogP contribution in [0.15, 0.2) is 73.8 Å². The van der Waals surface area contributed by atoms with Gasteiger partial charge in [-0.1, -0.05) is 60.7 Å². The molecule has 4 atom stereocenters. The number of allylic oxidation sites excluding steroid dienone is 2. The van der Waals surface area contributed by atoms with Crippen molar-refractivity contribution in [3.8, 4) is 0 Å². The van der Waals surface area contributed by atoms with E-state index in [9.17, 15) is 9.59 Å². The zero-order chi connectivity index (χ0) is 27.3. The molecule has 0 bridgehead atoms. The molecule has 4 unspecified atom stereocenters. The van der Waals surface area contributed by atoms with Crippen LogP contribution in [0.3, 0.4) is 0 Å². The standard InChI is InChI=1S/C18H24O4.C16H20/c1-3-21-17(19)11-13-9-14-7-5-6-8-15(14)12-16(10-13)18(20)22-4-2;1-3-7-14-10-13(4-2)11-15-8-5-6-9-16(15)12-14/h5-8,13,16H,3-4,9-12H2,1-2H3;3-6,8-9,13-14H,1-2,7,10-12H2. The van der Waals surface area contributed by atoms with Crippen molar-refractivity contribution in [2.24, 2.45) is 23.7 Å². The molecule has 2 aliphatic rings. The van der Waals surface area contributed by atoms with E-state index in [1.165, 1.54) is 35.1 Å². The van der Waals surface area contributed by atoms with Crippen LogP contribution in [0.5, 0.6) is 0 Å². The van der Waals surface area contributed by atoms with Crippen LogP contribution < -0.4 is 0 Å². The number of ether oxygens (including phenoxy) is 2. The van der Waals surface area contributed by atoms with Crippen molar-refractivity contribution >= 4 is 11.9 Å². The lowest BCUT2D eigenvalue weighted by Crippen LogP contribution is -2.23. The number of rotatable bonds is 8. The second kappa shape index (κ2) is 15.3. The Balaban J connectivity index is 0.000000221. The summed E-state index contributed by atoms with van der Waals surface area (Å²) >= 11 is 0. The van der Waals surface area contributed by atoms with Gasteiger partial charge in [0.15, 0.2) is 0 Å². The smallest absolute Gasteiger partial charge is 0.309 e. The lowest BCUT2D eigenvalue weighted by molar-refractivity contribution is -0.150. The summed E-state index contributed by atoms with van der Waals surface area (Å²) in [7, 11) is 0. The molecule has 204 valence electrons. The minimum Gasteiger partial charge on any atom is -0.466 e. The molecule has 0 aliphatic heterocycles. The van der Waals surface area contributed by atoms with E-state index in [4.69, 9.17) is 9.47 Å². The van der Waals surface area contributed by atoms with E-state index in [1.807, 2.05) is 26.0 Å². The molecule has 2 aromatic carbocycles. The van der Waals surface area contributed by atoms with Crippen molar-refractivity contribution in [1.82, 2.24) is 0 Å². The van der Waals surface area contributed by atoms with E-state index in [-0.39, 0.29) is 23.8 Å². The van der Waals surface area contributed by atoms with E-state index in [1.54, 1.807) is 0 Å². The highest BCUT2D eigenvalue weighted by Gasteiger charge is 2.30. The summed E-state index contributed by atoms with van der Waals surface area (Å²) in [5.41, 5.74) is 5.45. The molecule has 2 aromatic rings. The number of hydrogen-bond acceptors (Lipinski definition) is 4. The lowest BCUT2D eigenvalue weighted by atomic mass is 9.90. The predicted molar refractivity (Wildman–Crippen MR) is 154 cm³/mol. The van der Waals surface area contributed by atoms with Crippen LogP contribution >= 0.6 is 0 Å². The zero-order valence-corrected chi connectivity index (χ0v) is 23.2. The first-order chi connectivity index (χ1) is 18.5. The summed E-state index contributed by atoms with van der Waals surface area (Å²) in [6, 6.07) is 17.0. The van der Waals surface area contributed by atoms with Crippen LogP contribution in [0, 0.1) is 23.7 Å². The molecule has 0 spiro atoms. The van der Waals surface area contributed by atoms with E-state index in [0.717, 1.165) is 25.2 Å². The molecule has 0 saturated carbocycles. The van der Waals surface area contributed by atoms with Crippen molar-refractivity contribution in [3.63, 3.8) is 0 Å². The van der Waals surface area contributed by atoms with Gasteiger partial charge in [-0.3, -0.25) is 9.59 Å². The molecule has 38 heavy (non-hydrogen) atoms. The molecule has 0 saturated heterocycles. The van der Waals surface area contributed by atoms with Gasteiger partial charge in [-0.05, 0) is 98.8 Å². The summed E-state index contributed by atoms with van der Waals surface area (Å²) in [6.07, 6.45) is 11.4. The minimum absolute atomic E-state index is 0.122. The number of benzene rings is 2. The maximum Gasteiger partial charge on any atom is 0.309 e. The first kappa shape index (κ1) is 29.4. The summed E-state index contributed by atoms with van der Waals surface area (Å²) in [5.74, 6) is 0.973. The monoisotopic (exact) mass is 516 g/mol. The van der Waals surface area contributed by atoms with E-state index in [0.29, 0.717) is 38.4 Å². The molecule has 0 N–H and O–H groups in total. The van der Waals surface area contributed by atoms with Gasteiger partial charge in [-0.15, -0.1) is 13.2 Å². The molecule has 0 aromatic heterocycles.